The van der Waals surface area contributed by atoms with Crippen LogP contribution in [-0.2, 0) is 0 Å². The van der Waals surface area contributed by atoms with Crippen LogP contribution in [0.15, 0.2) is 58.2 Å². The molecule has 0 N–H and O–H groups in total. The van der Waals surface area contributed by atoms with Crippen LogP contribution in [0.1, 0.15) is 65.9 Å². The number of nitrogens with zero attached hydrogens (tertiary/aromatic N) is 4. The molecule has 2 aliphatic carbocycles. The van der Waals surface area contributed by atoms with Crippen LogP contribution in [0.2, 0.25) is 0 Å². The average molecular weight is 473 g/mol. The summed E-state index contributed by atoms with van der Waals surface area (Å²) in [6.07, 6.45) is 12.8. The van der Waals surface area contributed by atoms with Crippen LogP contribution in [0.5, 0.6) is 0 Å². The minimum absolute atomic E-state index is 0.218. The second-order valence-electron chi connectivity index (χ2n) is 8.76. The highest BCUT2D eigenvalue weighted by Crippen LogP contribution is 2.20. The standard InChI is InChI=1S/C22H22FN3.C6H9N.C2H6/c1-14(2)24-19-13-22-20(12-15(19)3)25-18-6-4-5-7-21(18)26(22)17-10-8-16(23)9-11-17;1-6-4-2-3-5-7-6;1-2/h6-14H,4-5H2,1-3H3;4-5H,2-3H2,1H3;1-2H3. The fraction of sp³-hybridized carbons (Fsp3) is 0.367. The second kappa shape index (κ2) is 12.4. The third-order valence-electron chi connectivity index (χ3n) is 5.63. The first-order chi connectivity index (χ1) is 16.9. The van der Waals surface area contributed by atoms with Gasteiger partial charge in [0.15, 0.2) is 0 Å². The molecule has 0 saturated carbocycles. The third-order valence-corrected chi connectivity index (χ3v) is 5.63. The number of fused-ring (bicyclic) bond motifs is 2. The summed E-state index contributed by atoms with van der Waals surface area (Å²) >= 11 is 0. The van der Waals surface area contributed by atoms with Gasteiger partial charge in [-0.3, -0.25) is 9.98 Å². The maximum atomic E-state index is 13.5. The molecule has 35 heavy (non-hydrogen) atoms. The topological polar surface area (TPSA) is 42.5 Å². The zero-order valence-corrected chi connectivity index (χ0v) is 21.8. The van der Waals surface area contributed by atoms with E-state index in [9.17, 15) is 4.39 Å². The van der Waals surface area contributed by atoms with Gasteiger partial charge in [-0.2, -0.15) is 0 Å². The lowest BCUT2D eigenvalue weighted by Gasteiger charge is -2.19. The van der Waals surface area contributed by atoms with Gasteiger partial charge in [0.05, 0.1) is 27.4 Å². The van der Waals surface area contributed by atoms with Gasteiger partial charge in [0, 0.05) is 23.6 Å². The van der Waals surface area contributed by atoms with Crippen LogP contribution >= 0.6 is 0 Å². The molecule has 0 radical (unpaired) electrons. The van der Waals surface area contributed by atoms with Crippen molar-refractivity contribution in [2.24, 2.45) is 9.98 Å². The molecular formula is C30H37FN4. The first-order valence-corrected chi connectivity index (χ1v) is 12.7. The van der Waals surface area contributed by atoms with Crippen molar-refractivity contribution in [3.8, 4) is 17.1 Å². The summed E-state index contributed by atoms with van der Waals surface area (Å²) in [7, 11) is 0. The van der Waals surface area contributed by atoms with Gasteiger partial charge in [-0.05, 0) is 95.3 Å². The normalized spacial score (nSPS) is 14.6. The van der Waals surface area contributed by atoms with Gasteiger partial charge in [-0.15, -0.1) is 0 Å². The van der Waals surface area contributed by atoms with Crippen LogP contribution in [0.25, 0.3) is 29.2 Å². The Hall–Kier alpha value is -3.34. The molecule has 0 amide bonds. The summed E-state index contributed by atoms with van der Waals surface area (Å²) in [4.78, 5) is 13.7. The zero-order valence-electron chi connectivity index (χ0n) is 21.8. The number of rotatable bonds is 2. The number of aliphatic imine (C=N–C) groups is 1. The predicted octanol–water partition coefficient (Wildman–Crippen LogP) is 5.87. The summed E-state index contributed by atoms with van der Waals surface area (Å²) in [5.41, 5.74) is 5.13. The number of aryl methyl sites for hydroxylation is 1. The third kappa shape index (κ3) is 6.62. The highest BCUT2D eigenvalue weighted by atomic mass is 19.1. The number of allylic oxidation sites excluding steroid dienone is 2. The summed E-state index contributed by atoms with van der Waals surface area (Å²) in [5.74, 6) is -0.233. The quantitative estimate of drug-likeness (QED) is 0.460. The summed E-state index contributed by atoms with van der Waals surface area (Å²) in [6, 6.07) is 11.1. The van der Waals surface area contributed by atoms with E-state index >= 15 is 0 Å². The van der Waals surface area contributed by atoms with E-state index in [1.54, 1.807) is 0 Å². The van der Waals surface area contributed by atoms with E-state index in [1.165, 1.54) is 18.6 Å². The predicted molar refractivity (Wildman–Crippen MR) is 146 cm³/mol. The van der Waals surface area contributed by atoms with E-state index in [0.717, 1.165) is 63.7 Å². The zero-order chi connectivity index (χ0) is 25.4. The maximum Gasteiger partial charge on any atom is 0.123 e. The molecule has 184 valence electrons. The van der Waals surface area contributed by atoms with Crippen LogP contribution in [0.4, 0.5) is 4.39 Å². The van der Waals surface area contributed by atoms with E-state index in [0.29, 0.717) is 0 Å². The number of benzene rings is 2. The summed E-state index contributed by atoms with van der Waals surface area (Å²) in [6.45, 7) is 12.2. The summed E-state index contributed by atoms with van der Waals surface area (Å²) < 4.78 is 15.6. The van der Waals surface area contributed by atoms with Crippen molar-refractivity contribution >= 4 is 18.4 Å². The molecule has 0 atom stereocenters. The van der Waals surface area contributed by atoms with E-state index < -0.39 is 0 Å². The Morgan fingerprint density at radius 2 is 1.60 bits per heavy atom. The van der Waals surface area contributed by atoms with E-state index in [-0.39, 0.29) is 11.9 Å². The molecule has 5 heteroatoms. The second-order valence-corrected chi connectivity index (χ2v) is 8.76. The molecule has 1 aromatic carbocycles. The minimum Gasteiger partial charge on any atom is -0.306 e. The van der Waals surface area contributed by atoms with Crippen molar-refractivity contribution in [1.29, 1.82) is 0 Å². The number of hydrogen-bond donors (Lipinski definition) is 0. The molecule has 4 aliphatic rings. The van der Waals surface area contributed by atoms with E-state index in [4.69, 9.17) is 9.98 Å². The average Bonchev–Trinajstić information content (AvgIpc) is 2.86. The van der Waals surface area contributed by atoms with Gasteiger partial charge in [0.1, 0.15) is 5.82 Å². The van der Waals surface area contributed by atoms with Crippen molar-refractivity contribution < 1.29 is 4.39 Å². The van der Waals surface area contributed by atoms with Crippen LogP contribution in [0.3, 0.4) is 0 Å². The highest BCUT2D eigenvalue weighted by molar-refractivity contribution is 5.62. The number of halogens is 1. The monoisotopic (exact) mass is 472 g/mol. The van der Waals surface area contributed by atoms with Gasteiger partial charge in [0.2, 0.25) is 0 Å². The number of aromatic nitrogens is 2. The Bertz CT molecular complexity index is 1360. The van der Waals surface area contributed by atoms with Crippen LogP contribution in [0, 0.1) is 12.7 Å². The molecule has 0 aromatic heterocycles. The molecule has 4 nitrogen and oxygen atoms in total. The lowest BCUT2D eigenvalue weighted by Crippen LogP contribution is -2.40. The first kappa shape index (κ1) is 26.3. The fourth-order valence-corrected chi connectivity index (χ4v) is 4.07. The van der Waals surface area contributed by atoms with Gasteiger partial charge in [-0.25, -0.2) is 9.37 Å². The van der Waals surface area contributed by atoms with Gasteiger partial charge >= 0.3 is 0 Å². The van der Waals surface area contributed by atoms with Gasteiger partial charge in [-0.1, -0.05) is 32.1 Å². The van der Waals surface area contributed by atoms with E-state index in [2.05, 4.69) is 60.7 Å². The lowest BCUT2D eigenvalue weighted by molar-refractivity contribution is 0.627. The molecule has 2 heterocycles. The first-order valence-electron chi connectivity index (χ1n) is 12.7. The Morgan fingerprint density at radius 3 is 2.20 bits per heavy atom. The smallest absolute Gasteiger partial charge is 0.123 e. The number of hydrogen-bond acceptors (Lipinski definition) is 3. The van der Waals surface area contributed by atoms with Crippen molar-refractivity contribution in [2.75, 3.05) is 0 Å². The van der Waals surface area contributed by atoms with E-state index in [1.807, 2.05) is 39.1 Å². The Balaban J connectivity index is 0.000000324. The molecule has 0 unspecified atom stereocenters. The maximum absolute atomic E-state index is 13.5. The molecule has 0 saturated heterocycles. The van der Waals surface area contributed by atoms with Crippen LogP contribution < -0.4 is 16.1 Å². The van der Waals surface area contributed by atoms with Crippen molar-refractivity contribution in [2.45, 2.75) is 73.3 Å². The minimum atomic E-state index is -0.233. The highest BCUT2D eigenvalue weighted by Gasteiger charge is 2.15. The molecule has 0 fully saturated rings. The Labute approximate surface area is 208 Å². The van der Waals surface area contributed by atoms with Crippen molar-refractivity contribution in [3.05, 3.63) is 75.6 Å². The van der Waals surface area contributed by atoms with Gasteiger partial charge < -0.3 is 4.57 Å². The Morgan fingerprint density at radius 1 is 0.914 bits per heavy atom. The Kier molecular flexibility index (Phi) is 9.30. The molecule has 5 rings (SSSR count). The van der Waals surface area contributed by atoms with Gasteiger partial charge in [0.25, 0.3) is 0 Å². The molecule has 0 bridgehead atoms. The molecule has 1 aromatic rings. The molecule has 2 aliphatic heterocycles. The fourth-order valence-electron chi connectivity index (χ4n) is 4.07. The lowest BCUT2D eigenvalue weighted by atomic mass is 10.1. The van der Waals surface area contributed by atoms with Crippen molar-refractivity contribution in [1.82, 2.24) is 9.55 Å². The summed E-state index contributed by atoms with van der Waals surface area (Å²) in [5, 5.41) is 3.03. The molecule has 0 spiro atoms. The molecular weight excluding hydrogens is 435 g/mol. The van der Waals surface area contributed by atoms with Crippen molar-refractivity contribution in [3.63, 3.8) is 0 Å². The SMILES string of the molecule is CC.CC1=CCCC=N1.Cc1cc2nc3c(n(-c4ccc(F)cc4)c-2cc1=NC(C)C)=CCCC=3. The van der Waals surface area contributed by atoms with Crippen LogP contribution in [-0.4, -0.2) is 21.8 Å². The largest absolute Gasteiger partial charge is 0.306 e.